The van der Waals surface area contributed by atoms with Gasteiger partial charge in [-0.2, -0.15) is 0 Å². The van der Waals surface area contributed by atoms with Gasteiger partial charge in [-0.25, -0.2) is 0 Å². The highest BCUT2D eigenvalue weighted by Gasteiger charge is 2.30. The van der Waals surface area contributed by atoms with Crippen molar-refractivity contribution in [2.24, 2.45) is 0 Å². The van der Waals surface area contributed by atoms with E-state index >= 15 is 0 Å². The molecule has 1 aromatic heterocycles. The van der Waals surface area contributed by atoms with Crippen molar-refractivity contribution in [3.05, 3.63) is 29.6 Å². The summed E-state index contributed by atoms with van der Waals surface area (Å²) in [6.07, 6.45) is 2.73. The third kappa shape index (κ3) is 1.50. The van der Waals surface area contributed by atoms with Crippen molar-refractivity contribution >= 4 is 5.91 Å². The summed E-state index contributed by atoms with van der Waals surface area (Å²) in [4.78, 5) is 17.7. The first-order valence-electron chi connectivity index (χ1n) is 4.86. The number of nitrogens with zero attached hydrogens (tertiary/aromatic N) is 2. The number of amides is 1. The van der Waals surface area contributed by atoms with Gasteiger partial charge in [-0.15, -0.1) is 0 Å². The summed E-state index contributed by atoms with van der Waals surface area (Å²) < 4.78 is 0. The van der Waals surface area contributed by atoms with Crippen molar-refractivity contribution in [2.75, 3.05) is 13.6 Å². The molecule has 0 aromatic carbocycles. The Balaban J connectivity index is 2.24. The number of carbonyl (C=O) groups excluding carboxylic acids is 1. The molecule has 3 heteroatoms. The Bertz CT molecular complexity index is 345. The summed E-state index contributed by atoms with van der Waals surface area (Å²) in [6.45, 7) is 2.81. The van der Waals surface area contributed by atoms with Crippen LogP contribution in [0.3, 0.4) is 0 Å². The zero-order chi connectivity index (χ0) is 10.1. The maximum absolute atomic E-state index is 11.7. The van der Waals surface area contributed by atoms with Crippen molar-refractivity contribution in [2.45, 2.75) is 19.3 Å². The number of likely N-dealkylation sites (tertiary alicyclic amines) is 1. The Hall–Kier alpha value is -1.38. The molecule has 0 bridgehead atoms. The van der Waals surface area contributed by atoms with Gasteiger partial charge in [-0.05, 0) is 25.0 Å². The van der Waals surface area contributed by atoms with Crippen LogP contribution in [-0.2, 0) is 4.79 Å². The smallest absolute Gasteiger partial charge is 0.229 e. The molecule has 2 rings (SSSR count). The molecule has 0 radical (unpaired) electrons. The van der Waals surface area contributed by atoms with Gasteiger partial charge in [0.05, 0.1) is 5.92 Å². The summed E-state index contributed by atoms with van der Waals surface area (Å²) in [5.74, 6) is 0.253. The molecule has 1 atom stereocenters. The fourth-order valence-corrected chi connectivity index (χ4v) is 1.82. The van der Waals surface area contributed by atoms with Gasteiger partial charge in [0.1, 0.15) is 0 Å². The monoisotopic (exact) mass is 190 g/mol. The molecule has 0 saturated carbocycles. The van der Waals surface area contributed by atoms with Gasteiger partial charge in [0.25, 0.3) is 0 Å². The van der Waals surface area contributed by atoms with Gasteiger partial charge in [0, 0.05) is 25.5 Å². The number of pyridine rings is 1. The highest BCUT2D eigenvalue weighted by atomic mass is 16.2. The van der Waals surface area contributed by atoms with Crippen LogP contribution < -0.4 is 0 Å². The number of rotatable bonds is 1. The molecule has 1 fully saturated rings. The van der Waals surface area contributed by atoms with E-state index in [1.54, 1.807) is 4.90 Å². The lowest BCUT2D eigenvalue weighted by molar-refractivity contribution is -0.127. The van der Waals surface area contributed by atoms with Crippen LogP contribution in [-0.4, -0.2) is 29.4 Å². The third-order valence-corrected chi connectivity index (χ3v) is 2.76. The standard InChI is InChI=1S/C11H14N2O/c1-8-3-4-9(7-12-8)10-5-6-13(2)11(10)14/h3-4,7,10H,5-6H2,1-2H3/t10-/m0/s1. The number of hydrogen-bond donors (Lipinski definition) is 0. The fraction of sp³-hybridized carbons (Fsp3) is 0.455. The normalized spacial score (nSPS) is 21.7. The number of aromatic nitrogens is 1. The molecule has 1 aromatic rings. The summed E-state index contributed by atoms with van der Waals surface area (Å²) >= 11 is 0. The number of hydrogen-bond acceptors (Lipinski definition) is 2. The van der Waals surface area contributed by atoms with Gasteiger partial charge < -0.3 is 4.90 Å². The molecule has 2 heterocycles. The minimum absolute atomic E-state index is 0.0353. The molecular weight excluding hydrogens is 176 g/mol. The molecule has 1 aliphatic rings. The van der Waals surface area contributed by atoms with Gasteiger partial charge in [-0.1, -0.05) is 6.07 Å². The van der Waals surface area contributed by atoms with E-state index in [2.05, 4.69) is 4.98 Å². The van der Waals surface area contributed by atoms with E-state index in [4.69, 9.17) is 0 Å². The highest BCUT2D eigenvalue weighted by Crippen LogP contribution is 2.26. The van der Waals surface area contributed by atoms with Crippen molar-refractivity contribution < 1.29 is 4.79 Å². The van der Waals surface area contributed by atoms with E-state index < -0.39 is 0 Å². The summed E-state index contributed by atoms with van der Waals surface area (Å²) in [6, 6.07) is 3.96. The molecule has 0 N–H and O–H groups in total. The Kier molecular flexibility index (Phi) is 2.23. The average Bonchev–Trinajstić information content (AvgIpc) is 2.50. The van der Waals surface area contributed by atoms with Crippen LogP contribution in [0.25, 0.3) is 0 Å². The van der Waals surface area contributed by atoms with Crippen molar-refractivity contribution in [1.29, 1.82) is 0 Å². The first kappa shape index (κ1) is 9.19. The van der Waals surface area contributed by atoms with E-state index in [0.29, 0.717) is 0 Å². The first-order valence-corrected chi connectivity index (χ1v) is 4.86. The Morgan fingerprint density at radius 3 is 2.79 bits per heavy atom. The molecule has 1 aliphatic heterocycles. The maximum atomic E-state index is 11.7. The zero-order valence-corrected chi connectivity index (χ0v) is 8.53. The Morgan fingerprint density at radius 2 is 2.29 bits per heavy atom. The number of carbonyl (C=O) groups is 1. The minimum atomic E-state index is 0.0353. The molecule has 3 nitrogen and oxygen atoms in total. The summed E-state index contributed by atoms with van der Waals surface area (Å²) in [5, 5.41) is 0. The molecule has 14 heavy (non-hydrogen) atoms. The second kappa shape index (κ2) is 3.40. The lowest BCUT2D eigenvalue weighted by Crippen LogP contribution is -2.21. The van der Waals surface area contributed by atoms with Crippen LogP contribution in [0.2, 0.25) is 0 Å². The Labute approximate surface area is 83.8 Å². The topological polar surface area (TPSA) is 33.2 Å². The summed E-state index contributed by atoms with van der Waals surface area (Å²) in [5.41, 5.74) is 2.04. The van der Waals surface area contributed by atoms with Crippen LogP contribution in [0.1, 0.15) is 23.6 Å². The fourth-order valence-electron chi connectivity index (χ4n) is 1.82. The molecule has 0 unspecified atom stereocenters. The predicted octanol–water partition coefficient (Wildman–Crippen LogP) is 1.34. The third-order valence-electron chi connectivity index (χ3n) is 2.76. The van der Waals surface area contributed by atoms with Gasteiger partial charge in [0.2, 0.25) is 5.91 Å². The average molecular weight is 190 g/mol. The predicted molar refractivity (Wildman–Crippen MR) is 54.0 cm³/mol. The molecule has 74 valence electrons. The maximum Gasteiger partial charge on any atom is 0.229 e. The Morgan fingerprint density at radius 1 is 1.50 bits per heavy atom. The van der Waals surface area contributed by atoms with Crippen molar-refractivity contribution in [3.8, 4) is 0 Å². The van der Waals surface area contributed by atoms with E-state index in [1.807, 2.05) is 32.3 Å². The van der Waals surface area contributed by atoms with Crippen LogP contribution in [0.5, 0.6) is 0 Å². The highest BCUT2D eigenvalue weighted by molar-refractivity contribution is 5.85. The number of likely N-dealkylation sites (N-methyl/N-ethyl adjacent to an activating group) is 1. The lowest BCUT2D eigenvalue weighted by atomic mass is 9.99. The van der Waals surface area contributed by atoms with Crippen molar-refractivity contribution in [3.63, 3.8) is 0 Å². The SMILES string of the molecule is Cc1ccc([C@@H]2CCN(C)C2=O)cn1. The van der Waals surface area contributed by atoms with E-state index in [1.165, 1.54) is 0 Å². The second-order valence-electron chi connectivity index (χ2n) is 3.83. The van der Waals surface area contributed by atoms with E-state index in [-0.39, 0.29) is 11.8 Å². The summed E-state index contributed by atoms with van der Waals surface area (Å²) in [7, 11) is 1.85. The zero-order valence-electron chi connectivity index (χ0n) is 8.53. The minimum Gasteiger partial charge on any atom is -0.345 e. The van der Waals surface area contributed by atoms with Gasteiger partial charge >= 0.3 is 0 Å². The van der Waals surface area contributed by atoms with Crippen molar-refractivity contribution in [1.82, 2.24) is 9.88 Å². The van der Waals surface area contributed by atoms with Gasteiger partial charge in [-0.3, -0.25) is 9.78 Å². The van der Waals surface area contributed by atoms with Crippen LogP contribution in [0.15, 0.2) is 18.3 Å². The molecule has 1 saturated heterocycles. The first-order chi connectivity index (χ1) is 6.68. The van der Waals surface area contributed by atoms with Crippen LogP contribution in [0, 0.1) is 6.92 Å². The molecule has 0 spiro atoms. The largest absolute Gasteiger partial charge is 0.345 e. The van der Waals surface area contributed by atoms with E-state index in [9.17, 15) is 4.79 Å². The quantitative estimate of drug-likeness (QED) is 0.669. The van der Waals surface area contributed by atoms with Gasteiger partial charge in [0.15, 0.2) is 0 Å². The lowest BCUT2D eigenvalue weighted by Gasteiger charge is -2.10. The molecule has 1 amide bonds. The van der Waals surface area contributed by atoms with Crippen LogP contribution >= 0.6 is 0 Å². The van der Waals surface area contributed by atoms with E-state index in [0.717, 1.165) is 24.2 Å². The molecular formula is C11H14N2O. The molecule has 0 aliphatic carbocycles. The number of aryl methyl sites for hydroxylation is 1. The second-order valence-corrected chi connectivity index (χ2v) is 3.83. The van der Waals surface area contributed by atoms with Crippen LogP contribution in [0.4, 0.5) is 0 Å².